The Balaban J connectivity index is 2.18. The van der Waals surface area contributed by atoms with Crippen LogP contribution in [0.5, 0.6) is 0 Å². The summed E-state index contributed by atoms with van der Waals surface area (Å²) in [4.78, 5) is 0. The van der Waals surface area contributed by atoms with Crippen LogP contribution in [0.15, 0.2) is 12.3 Å². The number of halogens is 2. The zero-order valence-electron chi connectivity index (χ0n) is 10.6. The highest BCUT2D eigenvalue weighted by atomic mass is 35.5. The summed E-state index contributed by atoms with van der Waals surface area (Å²) >= 11 is 5.87. The fraction of sp³-hybridized carbons (Fsp3) is 0.417. The maximum Gasteiger partial charge on any atom is 0.490 e. The number of nitrogens with zero attached hydrogens (tertiary/aromatic N) is 2. The van der Waals surface area contributed by atoms with Gasteiger partial charge in [0.2, 0.25) is 0 Å². The Morgan fingerprint density at radius 1 is 1.45 bits per heavy atom. The SMILES string of the molecule is OB(O)c1c(Cl)cc(F)c2c1cnn2C1CCCCO1. The Morgan fingerprint density at radius 2 is 2.25 bits per heavy atom. The van der Waals surface area contributed by atoms with E-state index in [1.54, 1.807) is 0 Å². The van der Waals surface area contributed by atoms with Gasteiger partial charge in [0.15, 0.2) is 12.0 Å². The Labute approximate surface area is 120 Å². The lowest BCUT2D eigenvalue weighted by Crippen LogP contribution is -2.32. The molecular formula is C12H13BClFN2O3. The van der Waals surface area contributed by atoms with E-state index in [9.17, 15) is 14.4 Å². The van der Waals surface area contributed by atoms with Crippen molar-refractivity contribution in [2.45, 2.75) is 25.5 Å². The van der Waals surface area contributed by atoms with E-state index in [1.165, 1.54) is 10.9 Å². The van der Waals surface area contributed by atoms with Gasteiger partial charge in [-0.25, -0.2) is 9.07 Å². The molecule has 106 valence electrons. The third kappa shape index (κ3) is 2.20. The standard InChI is InChI=1S/C12H13BClFN2O3/c14-8-5-9(15)12-7(11(8)13(18)19)6-16-17(12)10-3-1-2-4-20-10/h5-6,10,18-19H,1-4H2. The number of hydrogen-bond donors (Lipinski definition) is 2. The fourth-order valence-electron chi connectivity index (χ4n) is 2.58. The first-order valence-corrected chi connectivity index (χ1v) is 6.80. The van der Waals surface area contributed by atoms with Gasteiger partial charge in [-0.2, -0.15) is 5.10 Å². The molecule has 20 heavy (non-hydrogen) atoms. The average molecular weight is 299 g/mol. The van der Waals surface area contributed by atoms with Gasteiger partial charge in [0.1, 0.15) is 5.52 Å². The average Bonchev–Trinajstić information content (AvgIpc) is 2.84. The summed E-state index contributed by atoms with van der Waals surface area (Å²) in [6.07, 6.45) is 3.76. The molecule has 8 heteroatoms. The Hall–Kier alpha value is -1.15. The molecule has 3 rings (SSSR count). The smallest absolute Gasteiger partial charge is 0.423 e. The molecule has 5 nitrogen and oxygen atoms in total. The second-order valence-electron chi connectivity index (χ2n) is 4.80. The molecule has 1 aliphatic heterocycles. The van der Waals surface area contributed by atoms with Crippen molar-refractivity contribution >= 4 is 35.1 Å². The molecule has 0 aliphatic carbocycles. The maximum absolute atomic E-state index is 14.2. The molecule has 0 bridgehead atoms. The van der Waals surface area contributed by atoms with Gasteiger partial charge in [-0.05, 0) is 25.3 Å². The minimum atomic E-state index is -1.78. The van der Waals surface area contributed by atoms with Crippen molar-refractivity contribution in [3.63, 3.8) is 0 Å². The molecule has 2 aromatic rings. The highest BCUT2D eigenvalue weighted by Crippen LogP contribution is 2.28. The lowest BCUT2D eigenvalue weighted by molar-refractivity contribution is -0.0369. The van der Waals surface area contributed by atoms with Crippen molar-refractivity contribution in [2.24, 2.45) is 0 Å². The molecule has 0 spiro atoms. The van der Waals surface area contributed by atoms with E-state index in [4.69, 9.17) is 16.3 Å². The highest BCUT2D eigenvalue weighted by molar-refractivity contribution is 6.66. The summed E-state index contributed by atoms with van der Waals surface area (Å²) in [6.45, 7) is 0.608. The van der Waals surface area contributed by atoms with Crippen molar-refractivity contribution in [2.75, 3.05) is 6.61 Å². The molecule has 1 saturated heterocycles. The first-order valence-electron chi connectivity index (χ1n) is 6.42. The normalized spacial score (nSPS) is 19.5. The van der Waals surface area contributed by atoms with Crippen LogP contribution in [0.2, 0.25) is 5.02 Å². The van der Waals surface area contributed by atoms with Crippen molar-refractivity contribution in [1.29, 1.82) is 0 Å². The molecule has 2 heterocycles. The number of hydrogen-bond acceptors (Lipinski definition) is 4. The molecule has 1 unspecified atom stereocenters. The number of benzene rings is 1. The van der Waals surface area contributed by atoms with E-state index in [0.717, 1.165) is 25.3 Å². The lowest BCUT2D eigenvalue weighted by atomic mass is 9.78. The highest BCUT2D eigenvalue weighted by Gasteiger charge is 2.26. The van der Waals surface area contributed by atoms with Crippen LogP contribution in [-0.4, -0.2) is 33.6 Å². The van der Waals surface area contributed by atoms with Crippen LogP contribution in [-0.2, 0) is 4.74 Å². The number of ether oxygens (including phenoxy) is 1. The Morgan fingerprint density at radius 3 is 2.90 bits per heavy atom. The molecule has 1 atom stereocenters. The summed E-state index contributed by atoms with van der Waals surface area (Å²) in [5, 5.41) is 23.2. The summed E-state index contributed by atoms with van der Waals surface area (Å²) in [5.74, 6) is -0.555. The topological polar surface area (TPSA) is 67.5 Å². The Kier molecular flexibility index (Phi) is 3.68. The van der Waals surface area contributed by atoms with E-state index in [0.29, 0.717) is 12.0 Å². The molecule has 1 aliphatic rings. The van der Waals surface area contributed by atoms with E-state index in [2.05, 4.69) is 5.10 Å². The number of aromatic nitrogens is 2. The summed E-state index contributed by atoms with van der Waals surface area (Å²) < 4.78 is 21.2. The summed E-state index contributed by atoms with van der Waals surface area (Å²) in [5.41, 5.74) is 0.245. The third-order valence-electron chi connectivity index (χ3n) is 3.51. The van der Waals surface area contributed by atoms with E-state index < -0.39 is 12.9 Å². The van der Waals surface area contributed by atoms with Gasteiger partial charge in [-0.1, -0.05) is 11.6 Å². The van der Waals surface area contributed by atoms with Crippen molar-refractivity contribution < 1.29 is 19.2 Å². The van der Waals surface area contributed by atoms with Gasteiger partial charge < -0.3 is 14.8 Å². The predicted molar refractivity (Wildman–Crippen MR) is 73.4 cm³/mol. The molecule has 1 fully saturated rings. The molecular weight excluding hydrogens is 285 g/mol. The lowest BCUT2D eigenvalue weighted by Gasteiger charge is -2.23. The van der Waals surface area contributed by atoms with Gasteiger partial charge in [0.25, 0.3) is 0 Å². The Bertz CT molecular complexity index is 643. The largest absolute Gasteiger partial charge is 0.490 e. The molecule has 0 saturated carbocycles. The predicted octanol–water partition coefficient (Wildman–Crippen LogP) is 1.21. The zero-order valence-corrected chi connectivity index (χ0v) is 11.3. The molecule has 1 aromatic heterocycles. The van der Waals surface area contributed by atoms with Crippen LogP contribution in [0.1, 0.15) is 25.5 Å². The second kappa shape index (κ2) is 5.33. The molecule has 2 N–H and O–H groups in total. The summed E-state index contributed by atoms with van der Waals surface area (Å²) in [7, 11) is -1.78. The third-order valence-corrected chi connectivity index (χ3v) is 3.82. The van der Waals surface area contributed by atoms with Gasteiger partial charge >= 0.3 is 7.12 Å². The first kappa shape index (κ1) is 13.8. The van der Waals surface area contributed by atoms with Crippen molar-refractivity contribution in [1.82, 2.24) is 9.78 Å². The molecule has 1 aromatic carbocycles. The van der Waals surface area contributed by atoms with Crippen LogP contribution in [0.4, 0.5) is 4.39 Å². The monoisotopic (exact) mass is 298 g/mol. The minimum absolute atomic E-state index is 0.0332. The number of fused-ring (bicyclic) bond motifs is 1. The van der Waals surface area contributed by atoms with Crippen LogP contribution in [0.3, 0.4) is 0 Å². The van der Waals surface area contributed by atoms with Gasteiger partial charge in [-0.3, -0.25) is 0 Å². The van der Waals surface area contributed by atoms with Crippen LogP contribution in [0, 0.1) is 5.82 Å². The first-order chi connectivity index (χ1) is 9.59. The van der Waals surface area contributed by atoms with Crippen molar-refractivity contribution in [3.05, 3.63) is 23.1 Å². The molecule has 0 radical (unpaired) electrons. The van der Waals surface area contributed by atoms with E-state index in [1.807, 2.05) is 0 Å². The van der Waals surface area contributed by atoms with Gasteiger partial charge in [-0.15, -0.1) is 0 Å². The maximum atomic E-state index is 14.2. The van der Waals surface area contributed by atoms with E-state index >= 15 is 0 Å². The van der Waals surface area contributed by atoms with Crippen LogP contribution < -0.4 is 5.46 Å². The second-order valence-corrected chi connectivity index (χ2v) is 5.21. The fourth-order valence-corrected chi connectivity index (χ4v) is 2.88. The summed E-state index contributed by atoms with van der Waals surface area (Å²) in [6, 6.07) is 1.07. The van der Waals surface area contributed by atoms with Crippen LogP contribution in [0.25, 0.3) is 10.9 Å². The van der Waals surface area contributed by atoms with Gasteiger partial charge in [0, 0.05) is 22.5 Å². The minimum Gasteiger partial charge on any atom is -0.423 e. The molecule has 0 amide bonds. The van der Waals surface area contributed by atoms with Crippen molar-refractivity contribution in [3.8, 4) is 0 Å². The quantitative estimate of drug-likeness (QED) is 0.818. The van der Waals surface area contributed by atoms with E-state index in [-0.39, 0.29) is 22.2 Å². The van der Waals surface area contributed by atoms with Gasteiger partial charge in [0.05, 0.1) is 6.20 Å². The van der Waals surface area contributed by atoms with Crippen LogP contribution >= 0.6 is 11.6 Å². The number of rotatable bonds is 2. The zero-order chi connectivity index (χ0) is 14.3.